The summed E-state index contributed by atoms with van der Waals surface area (Å²) in [5, 5.41) is 0. The van der Waals surface area contributed by atoms with E-state index in [2.05, 4.69) is 228 Å². The first kappa shape index (κ1) is 45.2. The van der Waals surface area contributed by atoms with Crippen LogP contribution in [0.5, 0.6) is 0 Å². The second kappa shape index (κ2) is 18.3. The molecule has 0 unspecified atom stereocenters. The molecule has 2 aliphatic rings. The van der Waals surface area contributed by atoms with E-state index >= 15 is 4.32 Å². The molecule has 4 aromatic carbocycles. The summed E-state index contributed by atoms with van der Waals surface area (Å²) < 4.78 is 20.0. The first-order valence-electron chi connectivity index (χ1n) is 23.0. The van der Waals surface area contributed by atoms with Crippen LogP contribution in [0.4, 0.5) is 27.1 Å². The molecule has 0 aliphatic carbocycles. The van der Waals surface area contributed by atoms with Crippen molar-refractivity contribution in [3.05, 3.63) is 142 Å². The quantitative estimate of drug-likeness (QED) is 0.118. The van der Waals surface area contributed by atoms with Crippen molar-refractivity contribution in [3.8, 4) is 0 Å². The van der Waals surface area contributed by atoms with Crippen molar-refractivity contribution < 1.29 is 4.32 Å². The molecule has 2 aliphatic heterocycles. The van der Waals surface area contributed by atoms with Crippen molar-refractivity contribution in [1.29, 1.82) is 0 Å². The first-order chi connectivity index (χ1) is 28.4. The summed E-state index contributed by atoms with van der Waals surface area (Å²) in [7, 11) is 0. The van der Waals surface area contributed by atoms with Gasteiger partial charge in [-0.25, -0.2) is 0 Å². The van der Waals surface area contributed by atoms with Gasteiger partial charge >= 0.3 is 20.5 Å². The smallest absolute Gasteiger partial charge is 0.375 e. The van der Waals surface area contributed by atoms with E-state index in [1.165, 1.54) is 44.5 Å². The van der Waals surface area contributed by atoms with E-state index < -0.39 is 20.5 Å². The molecule has 60 heavy (non-hydrogen) atoms. The molecule has 316 valence electrons. The molecular formula is C52H72B3FN4. The average molecular weight is 805 g/mol. The summed E-state index contributed by atoms with van der Waals surface area (Å²) in [5.41, 5.74) is 14.4. The van der Waals surface area contributed by atoms with Gasteiger partial charge in [-0.1, -0.05) is 184 Å². The van der Waals surface area contributed by atoms with Gasteiger partial charge in [-0.05, 0) is 91.9 Å². The minimum atomic E-state index is -1.41. The molecular weight excluding hydrogens is 732 g/mol. The van der Waals surface area contributed by atoms with Gasteiger partial charge in [-0.2, -0.15) is 0 Å². The number of anilines is 4. The van der Waals surface area contributed by atoms with Crippen molar-refractivity contribution in [2.45, 2.75) is 158 Å². The minimum Gasteiger partial charge on any atom is -0.375 e. The normalized spacial score (nSPS) is 14.6. The van der Waals surface area contributed by atoms with Crippen molar-refractivity contribution in [3.63, 3.8) is 0 Å². The maximum Gasteiger partial charge on any atom is 0.391 e. The molecule has 0 saturated heterocycles. The monoisotopic (exact) mass is 805 g/mol. The van der Waals surface area contributed by atoms with Gasteiger partial charge in [-0.3, -0.25) is 0 Å². The molecule has 0 saturated carbocycles. The molecule has 0 fully saturated rings. The Hall–Kier alpha value is -4.32. The summed E-state index contributed by atoms with van der Waals surface area (Å²) in [4.78, 5) is 9.28. The topological polar surface area (TPSA) is 13.0 Å². The number of nitrogens with zero attached hydrogens (tertiary/aromatic N) is 4. The maximum absolute atomic E-state index is 20.0. The summed E-state index contributed by atoms with van der Waals surface area (Å²) in [5.74, 6) is 1.95. The molecule has 6 rings (SSSR count). The summed E-state index contributed by atoms with van der Waals surface area (Å²) >= 11 is 0. The Morgan fingerprint density at radius 3 is 0.600 bits per heavy atom. The SMILES string of the molecule is CC(C)c1cccc(C(C)C)c1N1C=CN(c2c(C(C)C)cccc2C(C)C)B1B(F)B1N(c2c(C(C)C)cccc2C(C)C)C=CN1c1c(C(C)C)cccc1C(C)C. The largest absolute Gasteiger partial charge is 0.391 e. The van der Waals surface area contributed by atoms with E-state index in [4.69, 9.17) is 0 Å². The second-order valence-electron chi connectivity index (χ2n) is 19.9. The highest BCUT2D eigenvalue weighted by Gasteiger charge is 2.59. The Bertz CT molecular complexity index is 1780. The van der Waals surface area contributed by atoms with Crippen LogP contribution in [-0.4, -0.2) is 20.5 Å². The Morgan fingerprint density at radius 2 is 0.467 bits per heavy atom. The highest BCUT2D eigenvalue weighted by molar-refractivity contribution is 7.51. The van der Waals surface area contributed by atoms with Crippen LogP contribution >= 0.6 is 0 Å². The summed E-state index contributed by atoms with van der Waals surface area (Å²) in [6.07, 6.45) is 8.75. The lowest BCUT2D eigenvalue weighted by molar-refractivity contribution is 0.828. The highest BCUT2D eigenvalue weighted by Crippen LogP contribution is 2.47. The molecule has 0 aromatic heterocycles. The molecule has 0 N–H and O–H groups in total. The van der Waals surface area contributed by atoms with Crippen LogP contribution < -0.4 is 19.2 Å². The first-order valence-corrected chi connectivity index (χ1v) is 23.0. The van der Waals surface area contributed by atoms with Crippen molar-refractivity contribution >= 4 is 43.3 Å². The Balaban J connectivity index is 1.72. The third-order valence-corrected chi connectivity index (χ3v) is 12.9. The molecule has 0 amide bonds. The fraction of sp³-hybridized carbons (Fsp3) is 0.462. The standard InChI is InChI=1S/C52H72B3FN4/c1-33(2)41-21-17-22-42(34(3)4)49(41)57-29-30-58(50-43(35(5)6)23-18-24-44(50)36(7)8)54(57)53(56)55-59(51-45(37(9)10)25-19-26-46(51)38(11)12)31-32-60(55)52-47(39(13)14)27-20-28-48(52)40(15)16/h17-40H,1-16H3. The lowest BCUT2D eigenvalue weighted by Gasteiger charge is -2.41. The van der Waals surface area contributed by atoms with Crippen molar-refractivity contribution in [2.24, 2.45) is 0 Å². The predicted molar refractivity (Wildman–Crippen MR) is 265 cm³/mol. The van der Waals surface area contributed by atoms with Gasteiger partial charge in [0.25, 0.3) is 0 Å². The van der Waals surface area contributed by atoms with Gasteiger partial charge in [0.05, 0.1) is 0 Å². The van der Waals surface area contributed by atoms with Gasteiger partial charge in [0.1, 0.15) is 0 Å². The van der Waals surface area contributed by atoms with E-state index in [1.807, 2.05) is 0 Å². The van der Waals surface area contributed by atoms with E-state index in [-0.39, 0.29) is 47.3 Å². The van der Waals surface area contributed by atoms with E-state index in [9.17, 15) is 0 Å². The number of halogens is 1. The predicted octanol–water partition coefficient (Wildman–Crippen LogP) is 15.1. The number of hydrogen-bond acceptors (Lipinski definition) is 4. The third-order valence-electron chi connectivity index (χ3n) is 12.9. The molecule has 0 spiro atoms. The Morgan fingerprint density at radius 1 is 0.317 bits per heavy atom. The zero-order valence-corrected chi connectivity index (χ0v) is 39.8. The fourth-order valence-electron chi connectivity index (χ4n) is 9.74. The lowest BCUT2D eigenvalue weighted by Crippen LogP contribution is -2.68. The molecule has 2 heterocycles. The molecule has 0 radical (unpaired) electrons. The van der Waals surface area contributed by atoms with Crippen LogP contribution in [0.2, 0.25) is 0 Å². The van der Waals surface area contributed by atoms with Gasteiger partial charge in [-0.15, -0.1) is 0 Å². The average Bonchev–Trinajstić information content (AvgIpc) is 3.84. The summed E-state index contributed by atoms with van der Waals surface area (Å²) in [6, 6.07) is 26.8. The molecule has 4 aromatic rings. The number of para-hydroxylation sites is 4. The second-order valence-corrected chi connectivity index (χ2v) is 19.9. The van der Waals surface area contributed by atoms with Crippen LogP contribution in [0.3, 0.4) is 0 Å². The van der Waals surface area contributed by atoms with Crippen LogP contribution in [0.1, 0.15) is 203 Å². The third kappa shape index (κ3) is 8.34. The van der Waals surface area contributed by atoms with E-state index in [0.717, 1.165) is 22.7 Å². The zero-order chi connectivity index (χ0) is 43.9. The van der Waals surface area contributed by atoms with Gasteiger partial charge in [0.15, 0.2) is 0 Å². The van der Waals surface area contributed by atoms with Crippen LogP contribution in [0, 0.1) is 0 Å². The van der Waals surface area contributed by atoms with Crippen molar-refractivity contribution in [1.82, 2.24) is 0 Å². The van der Waals surface area contributed by atoms with Crippen LogP contribution in [-0.2, 0) is 0 Å². The summed E-state index contributed by atoms with van der Waals surface area (Å²) in [6.45, 7) is 33.5. The Labute approximate surface area is 365 Å². The maximum atomic E-state index is 20.0. The number of benzene rings is 4. The van der Waals surface area contributed by atoms with Crippen LogP contribution in [0.25, 0.3) is 0 Å². The fourth-order valence-corrected chi connectivity index (χ4v) is 9.74. The lowest BCUT2D eigenvalue weighted by atomic mass is 9.10. The van der Waals surface area contributed by atoms with E-state index in [1.54, 1.807) is 0 Å². The molecule has 4 nitrogen and oxygen atoms in total. The minimum absolute atomic E-state index is 0.244. The number of rotatable bonds is 14. The van der Waals surface area contributed by atoms with Crippen LogP contribution in [0.15, 0.2) is 97.6 Å². The number of hydrogen-bond donors (Lipinski definition) is 0. The molecule has 0 bridgehead atoms. The van der Waals surface area contributed by atoms with Gasteiger partial charge in [0, 0.05) is 47.5 Å². The van der Waals surface area contributed by atoms with Crippen molar-refractivity contribution in [2.75, 3.05) is 19.2 Å². The molecule has 8 heteroatoms. The highest BCUT2D eigenvalue weighted by atomic mass is 19.1. The molecule has 0 atom stereocenters. The Kier molecular flexibility index (Phi) is 13.8. The van der Waals surface area contributed by atoms with E-state index in [0.29, 0.717) is 0 Å². The van der Waals surface area contributed by atoms with Gasteiger partial charge in [0.2, 0.25) is 0 Å². The van der Waals surface area contributed by atoms with Gasteiger partial charge < -0.3 is 23.6 Å². The zero-order valence-electron chi connectivity index (χ0n) is 39.8.